The number of hydrogen-bond acceptors (Lipinski definition) is 4. The number of benzene rings is 12. The van der Waals surface area contributed by atoms with E-state index in [4.69, 9.17) is 0 Å². The van der Waals surface area contributed by atoms with Crippen molar-refractivity contribution in [3.8, 4) is 33.6 Å². The summed E-state index contributed by atoms with van der Waals surface area (Å²) in [5.74, 6) is 0. The fourth-order valence-electron chi connectivity index (χ4n) is 17.3. The molecular weight excluding hydrogens is 1090 g/mol. The lowest BCUT2D eigenvalue weighted by Crippen LogP contribution is -2.55. The lowest BCUT2D eigenvalue weighted by atomic mass is 9.45. The average molecular weight is 1130 g/mol. The monoisotopic (exact) mass is 1130 g/mol. The minimum atomic E-state index is -0.0937. The molecular formula is C74H34B2N4S4. The summed E-state index contributed by atoms with van der Waals surface area (Å²) in [6.45, 7) is -0.187. The van der Waals surface area contributed by atoms with Crippen LogP contribution in [-0.2, 0) is 0 Å². The van der Waals surface area contributed by atoms with Gasteiger partial charge in [0.05, 0.1) is 33.1 Å². The van der Waals surface area contributed by atoms with Crippen molar-refractivity contribution in [1.82, 2.24) is 18.1 Å². The maximum Gasteiger partial charge on any atom is 0.333 e. The van der Waals surface area contributed by atoms with Gasteiger partial charge in [-0.05, 0) is 106 Å². The number of para-hydroxylation sites is 2. The van der Waals surface area contributed by atoms with Gasteiger partial charge in [-0.15, -0.1) is 45.3 Å². The maximum atomic E-state index is 2.86. The van der Waals surface area contributed by atoms with Crippen molar-refractivity contribution < 1.29 is 0 Å². The molecule has 12 aromatic carbocycles. The first kappa shape index (κ1) is 42.4. The third kappa shape index (κ3) is 4.59. The van der Waals surface area contributed by atoms with Gasteiger partial charge in [-0.1, -0.05) is 133 Å². The van der Waals surface area contributed by atoms with E-state index >= 15 is 0 Å². The molecule has 0 saturated carbocycles. The Morgan fingerprint density at radius 1 is 0.238 bits per heavy atom. The largest absolute Gasteiger partial charge is 0.374 e. The van der Waals surface area contributed by atoms with Crippen LogP contribution >= 0.6 is 45.3 Å². The van der Waals surface area contributed by atoms with E-state index in [1.807, 2.05) is 45.3 Å². The molecule has 84 heavy (non-hydrogen) atoms. The van der Waals surface area contributed by atoms with Crippen LogP contribution in [0.2, 0.25) is 0 Å². The molecule has 0 radical (unpaired) electrons. The Balaban J connectivity index is 0.866. The maximum absolute atomic E-state index is 2.86. The molecule has 0 unspecified atom stereocenters. The van der Waals surface area contributed by atoms with Gasteiger partial charge < -0.3 is 18.1 Å². The zero-order valence-electron chi connectivity index (χ0n) is 44.2. The summed E-state index contributed by atoms with van der Waals surface area (Å²) >= 11 is 7.71. The fraction of sp³-hybridized carbons (Fsp3) is 0. The van der Waals surface area contributed by atoms with Crippen LogP contribution in [0.4, 0.5) is 0 Å². The van der Waals surface area contributed by atoms with Crippen LogP contribution in [-0.4, -0.2) is 31.8 Å². The first-order chi connectivity index (χ1) is 41.7. The van der Waals surface area contributed by atoms with Crippen LogP contribution in [0.1, 0.15) is 0 Å². The smallest absolute Gasteiger partial charge is 0.333 e. The standard InChI is InChI=1S/C74H34B2N4S4/c1-5-19-59-35(11-1)49-27-47-43-25-23-39-41-15-9-17-45-69(41)79(75-53-31-63-51(37-13-3-7-21-61(37)81-63)29-57(53)77(71(43)67(39)75)55(47)33-65(49)83-59)73-46-18-10-16-42-40-24-26-44-48-28-50-36-12-2-6-20-60(36)84-66(50)34-56(48)78-58-30-52-38-14-4-8-22-62(38)82-64(52)32-54(58)76(68(40)72(44)78)80(70(42)46)74(45)73/h1-34H. The van der Waals surface area contributed by atoms with E-state index < -0.39 is 0 Å². The summed E-state index contributed by atoms with van der Waals surface area (Å²) in [6.07, 6.45) is 0. The molecule has 0 amide bonds. The van der Waals surface area contributed by atoms with Gasteiger partial charge in [0.1, 0.15) is 0 Å². The Morgan fingerprint density at radius 3 is 1.02 bits per heavy atom. The van der Waals surface area contributed by atoms with Crippen molar-refractivity contribution in [3.05, 3.63) is 206 Å². The highest BCUT2D eigenvalue weighted by molar-refractivity contribution is 7.27. The van der Waals surface area contributed by atoms with Gasteiger partial charge >= 0.3 is 13.7 Å². The van der Waals surface area contributed by atoms with E-state index in [0.717, 1.165) is 0 Å². The van der Waals surface area contributed by atoms with Crippen LogP contribution in [0.5, 0.6) is 0 Å². The van der Waals surface area contributed by atoms with Gasteiger partial charge in [-0.25, -0.2) is 0 Å². The first-order valence-electron chi connectivity index (χ1n) is 29.0. The Morgan fingerprint density at radius 2 is 0.607 bits per heavy atom. The molecule has 20 aromatic rings. The molecule has 0 saturated heterocycles. The molecule has 0 N–H and O–H groups in total. The number of thiophene rings is 4. The second-order valence-corrected chi connectivity index (χ2v) is 28.4. The summed E-state index contributed by atoms with van der Waals surface area (Å²) in [5, 5.41) is 18.6. The average Bonchev–Trinajstić information content (AvgIpc) is 1.53. The quantitative estimate of drug-likeness (QED) is 0.135. The number of rotatable bonds is 0. The van der Waals surface area contributed by atoms with Crippen molar-refractivity contribution in [2.75, 3.05) is 0 Å². The highest BCUT2D eigenvalue weighted by Crippen LogP contribution is 2.52. The van der Waals surface area contributed by atoms with E-state index in [0.29, 0.717) is 0 Å². The van der Waals surface area contributed by atoms with Gasteiger partial charge in [0.25, 0.3) is 0 Å². The van der Waals surface area contributed by atoms with Crippen molar-refractivity contribution >= 4 is 238 Å². The number of aromatic nitrogens is 4. The van der Waals surface area contributed by atoms with Crippen molar-refractivity contribution in [2.45, 2.75) is 0 Å². The molecule has 8 aromatic heterocycles. The molecule has 12 heterocycles. The van der Waals surface area contributed by atoms with Crippen molar-refractivity contribution in [2.24, 2.45) is 0 Å². The number of hydrogen-bond donors (Lipinski definition) is 0. The summed E-state index contributed by atoms with van der Waals surface area (Å²) in [6, 6.07) is 80.8. The fourth-order valence-corrected chi connectivity index (χ4v) is 21.9. The molecule has 0 spiro atoms. The van der Waals surface area contributed by atoms with Crippen molar-refractivity contribution in [3.63, 3.8) is 0 Å². The van der Waals surface area contributed by atoms with Gasteiger partial charge in [0, 0.05) is 147 Å². The van der Waals surface area contributed by atoms with Gasteiger partial charge in [0.15, 0.2) is 0 Å². The molecule has 380 valence electrons. The molecule has 4 aliphatic rings. The van der Waals surface area contributed by atoms with E-state index in [1.165, 1.54) is 213 Å². The van der Waals surface area contributed by atoms with E-state index in [1.54, 1.807) is 0 Å². The molecule has 4 nitrogen and oxygen atoms in total. The van der Waals surface area contributed by atoms with Crippen LogP contribution < -0.4 is 21.9 Å². The minimum Gasteiger partial charge on any atom is -0.374 e. The van der Waals surface area contributed by atoms with Crippen LogP contribution in [0.25, 0.3) is 191 Å². The predicted octanol–water partition coefficient (Wildman–Crippen LogP) is 18.3. The zero-order valence-corrected chi connectivity index (χ0v) is 47.5. The molecule has 0 bridgehead atoms. The molecule has 10 heteroatoms. The third-order valence-corrected chi connectivity index (χ3v) is 25.0. The second kappa shape index (κ2) is 14.0. The molecule has 0 atom stereocenters. The summed E-state index contributed by atoms with van der Waals surface area (Å²) < 4.78 is 21.8. The van der Waals surface area contributed by atoms with Gasteiger partial charge in [-0.3, -0.25) is 0 Å². The predicted molar refractivity (Wildman–Crippen MR) is 367 cm³/mol. The van der Waals surface area contributed by atoms with E-state index in [9.17, 15) is 0 Å². The minimum absolute atomic E-state index is 0.0937. The highest BCUT2D eigenvalue weighted by Gasteiger charge is 2.47. The SMILES string of the molecule is c1ccc2c(c1)sc1cc3c(cc12)-n1c2cc4sc5ccccc5c4cc2c2ccc4c(c21)B3n1c2c-4cccc2c2c1c1cccc3c1n2B1c2cc4sc5ccccc5c4cc2-n2c4cc5sc6ccccc6c5cc4c4ccc-3c1c42. The Kier molecular flexibility index (Phi) is 7.06. The summed E-state index contributed by atoms with van der Waals surface area (Å²) in [5.41, 5.74) is 24.0. The van der Waals surface area contributed by atoms with Crippen LogP contribution in [0.3, 0.4) is 0 Å². The van der Waals surface area contributed by atoms with Crippen LogP contribution in [0.15, 0.2) is 206 Å². The van der Waals surface area contributed by atoms with E-state index in [2.05, 4.69) is 224 Å². The number of nitrogens with zero attached hydrogens (tertiary/aromatic N) is 4. The molecule has 0 fully saturated rings. The molecule has 24 rings (SSSR count). The summed E-state index contributed by atoms with van der Waals surface area (Å²) in [7, 11) is 0. The van der Waals surface area contributed by atoms with Gasteiger partial charge in [-0.2, -0.15) is 0 Å². The normalized spacial score (nSPS) is 13.9. The topological polar surface area (TPSA) is 19.7 Å². The molecule has 4 aliphatic heterocycles. The molecule has 0 aliphatic carbocycles. The lowest BCUT2D eigenvalue weighted by molar-refractivity contribution is 1.18. The Bertz CT molecular complexity index is 6300. The Hall–Kier alpha value is -9.41. The van der Waals surface area contributed by atoms with Crippen LogP contribution in [0, 0.1) is 0 Å². The zero-order chi connectivity index (χ0) is 53.4. The Labute approximate surface area is 492 Å². The second-order valence-electron chi connectivity index (χ2n) is 24.1. The summed E-state index contributed by atoms with van der Waals surface area (Å²) in [4.78, 5) is 0. The van der Waals surface area contributed by atoms with Gasteiger partial charge in [0.2, 0.25) is 0 Å². The third-order valence-electron chi connectivity index (χ3n) is 20.5. The van der Waals surface area contributed by atoms with Crippen molar-refractivity contribution in [1.29, 1.82) is 0 Å². The number of fused-ring (bicyclic) bond motifs is 33. The first-order valence-corrected chi connectivity index (χ1v) is 32.3. The van der Waals surface area contributed by atoms with E-state index in [-0.39, 0.29) is 13.7 Å². The highest BCUT2D eigenvalue weighted by atomic mass is 32.1. The lowest BCUT2D eigenvalue weighted by Gasteiger charge is -2.34.